The average Bonchev–Trinajstić information content (AvgIpc) is 3.58. The second-order valence-electron chi connectivity index (χ2n) is 8.78. The van der Waals surface area contributed by atoms with E-state index in [0.29, 0.717) is 5.82 Å². The van der Waals surface area contributed by atoms with Crippen LogP contribution in [0.4, 0.5) is 4.79 Å². The third-order valence-electron chi connectivity index (χ3n) is 6.64. The molecular weight excluding hydrogens is 464 g/mol. The molecule has 4 aromatic carbocycles. The molecule has 1 aliphatic heterocycles. The van der Waals surface area contributed by atoms with E-state index in [9.17, 15) is 9.59 Å². The maximum absolute atomic E-state index is 13.9. The van der Waals surface area contributed by atoms with Gasteiger partial charge in [0.15, 0.2) is 5.54 Å². The Balaban J connectivity index is 1.31. The van der Waals surface area contributed by atoms with E-state index in [1.54, 1.807) is 0 Å². The van der Waals surface area contributed by atoms with Gasteiger partial charge in [0.25, 0.3) is 5.91 Å². The van der Waals surface area contributed by atoms with E-state index >= 15 is 0 Å². The van der Waals surface area contributed by atoms with Crippen LogP contribution in [0.3, 0.4) is 0 Å². The summed E-state index contributed by atoms with van der Waals surface area (Å²) in [5.41, 5.74) is 3.77. The van der Waals surface area contributed by atoms with Gasteiger partial charge >= 0.3 is 6.03 Å². The van der Waals surface area contributed by atoms with Crippen molar-refractivity contribution in [3.05, 3.63) is 126 Å². The number of nitrogens with zero attached hydrogens (tertiary/aromatic N) is 4. The number of benzene rings is 4. The number of aromatic amines is 1. The van der Waals surface area contributed by atoms with Crippen LogP contribution in [0.5, 0.6) is 0 Å². The predicted octanol–water partition coefficient (Wildman–Crippen LogP) is 4.53. The lowest BCUT2D eigenvalue weighted by Crippen LogP contribution is -2.45. The van der Waals surface area contributed by atoms with Gasteiger partial charge in [-0.15, -0.1) is 10.2 Å². The van der Waals surface area contributed by atoms with Crippen molar-refractivity contribution in [2.75, 3.05) is 0 Å². The summed E-state index contributed by atoms with van der Waals surface area (Å²) in [6.07, 6.45) is 0. The van der Waals surface area contributed by atoms with Crippen LogP contribution < -0.4 is 5.32 Å². The molecule has 0 spiro atoms. The molecule has 0 aliphatic carbocycles. The summed E-state index contributed by atoms with van der Waals surface area (Å²) in [5.74, 6) is 0.207. The molecule has 2 N–H and O–H groups in total. The first-order valence-corrected chi connectivity index (χ1v) is 11.8. The molecule has 0 saturated carbocycles. The Hall–Kier alpha value is -5.11. The summed E-state index contributed by atoms with van der Waals surface area (Å²) in [5, 5.41) is 17.4. The second kappa shape index (κ2) is 9.16. The van der Waals surface area contributed by atoms with E-state index in [0.717, 1.165) is 33.4 Å². The maximum atomic E-state index is 13.9. The number of hydrogen-bond donors (Lipinski definition) is 2. The molecule has 1 fully saturated rings. The minimum atomic E-state index is -1.27. The number of hydrogen-bond acceptors (Lipinski definition) is 5. The zero-order valence-electron chi connectivity index (χ0n) is 19.7. The summed E-state index contributed by atoms with van der Waals surface area (Å²) in [7, 11) is 0. The van der Waals surface area contributed by atoms with Gasteiger partial charge in [0.05, 0.1) is 6.54 Å². The summed E-state index contributed by atoms with van der Waals surface area (Å²) in [6, 6.07) is 33.9. The minimum Gasteiger partial charge on any atom is -0.315 e. The fourth-order valence-corrected chi connectivity index (χ4v) is 4.83. The molecule has 180 valence electrons. The van der Waals surface area contributed by atoms with E-state index in [-0.39, 0.29) is 12.5 Å². The highest BCUT2D eigenvalue weighted by molar-refractivity contribution is 6.09. The van der Waals surface area contributed by atoms with Crippen LogP contribution >= 0.6 is 0 Å². The lowest BCUT2D eigenvalue weighted by atomic mass is 9.82. The van der Waals surface area contributed by atoms with E-state index < -0.39 is 11.6 Å². The number of nitrogens with one attached hydrogen (secondary N) is 2. The molecule has 2 heterocycles. The Morgan fingerprint density at radius 3 is 1.89 bits per heavy atom. The molecule has 5 aromatic rings. The Morgan fingerprint density at radius 1 is 0.703 bits per heavy atom. The van der Waals surface area contributed by atoms with Crippen LogP contribution in [0.2, 0.25) is 0 Å². The van der Waals surface area contributed by atoms with Crippen LogP contribution in [-0.2, 0) is 16.9 Å². The Morgan fingerprint density at radius 2 is 1.30 bits per heavy atom. The fourth-order valence-electron chi connectivity index (χ4n) is 4.83. The molecule has 0 bridgehead atoms. The summed E-state index contributed by atoms with van der Waals surface area (Å²) in [4.78, 5) is 28.4. The highest BCUT2D eigenvalue weighted by Crippen LogP contribution is 2.37. The normalized spacial score (nSPS) is 14.5. The summed E-state index contributed by atoms with van der Waals surface area (Å²) in [6.45, 7) is 0.152. The van der Waals surface area contributed by atoms with Crippen LogP contribution in [0.25, 0.3) is 22.5 Å². The molecule has 8 heteroatoms. The predicted molar refractivity (Wildman–Crippen MR) is 138 cm³/mol. The van der Waals surface area contributed by atoms with E-state index in [1.807, 2.05) is 109 Å². The van der Waals surface area contributed by atoms with Gasteiger partial charge in [0.1, 0.15) is 0 Å². The van der Waals surface area contributed by atoms with Gasteiger partial charge in [-0.2, -0.15) is 5.21 Å². The third kappa shape index (κ3) is 3.84. The zero-order chi connectivity index (χ0) is 25.2. The molecule has 37 heavy (non-hydrogen) atoms. The maximum Gasteiger partial charge on any atom is 0.325 e. The first-order chi connectivity index (χ1) is 18.2. The zero-order valence-corrected chi connectivity index (χ0v) is 19.7. The number of H-pyrrole nitrogens is 1. The topological polar surface area (TPSA) is 104 Å². The molecule has 1 aromatic heterocycles. The van der Waals surface area contributed by atoms with Crippen LogP contribution in [0.15, 0.2) is 109 Å². The monoisotopic (exact) mass is 486 g/mol. The van der Waals surface area contributed by atoms with E-state index in [4.69, 9.17) is 0 Å². The molecule has 1 saturated heterocycles. The molecular formula is C29H22N6O2. The van der Waals surface area contributed by atoms with Gasteiger partial charge in [0, 0.05) is 5.56 Å². The molecule has 8 nitrogen and oxygen atoms in total. The Labute approximate surface area is 213 Å². The Bertz CT molecular complexity index is 1510. The fraction of sp³-hybridized carbons (Fsp3) is 0.0690. The number of carbonyl (C=O) groups is 2. The largest absolute Gasteiger partial charge is 0.325 e. The second-order valence-corrected chi connectivity index (χ2v) is 8.78. The first kappa shape index (κ1) is 22.4. The van der Waals surface area contributed by atoms with Gasteiger partial charge in [-0.25, -0.2) is 4.79 Å². The van der Waals surface area contributed by atoms with Gasteiger partial charge in [-0.05, 0) is 33.0 Å². The molecule has 0 atom stereocenters. The number of aromatic nitrogens is 4. The molecule has 6 rings (SSSR count). The van der Waals surface area contributed by atoms with Crippen LogP contribution in [-0.4, -0.2) is 37.5 Å². The van der Waals surface area contributed by atoms with Crippen molar-refractivity contribution in [2.45, 2.75) is 12.1 Å². The lowest BCUT2D eigenvalue weighted by molar-refractivity contribution is -0.130. The number of urea groups is 1. The molecule has 0 radical (unpaired) electrons. The Kier molecular flexibility index (Phi) is 5.54. The SMILES string of the molecule is O=C1NC(c2ccccc2)(c2ccccc2)C(=O)N1Cc1ccc(-c2ccccc2-c2nn[nH]n2)cc1. The highest BCUT2D eigenvalue weighted by atomic mass is 16.2. The number of imide groups is 1. The number of tetrazole rings is 1. The van der Waals surface area contributed by atoms with Gasteiger partial charge in [-0.3, -0.25) is 9.69 Å². The van der Waals surface area contributed by atoms with Crippen molar-refractivity contribution in [1.29, 1.82) is 0 Å². The number of rotatable bonds is 6. The standard InChI is InChI=1S/C29H22N6O2/c36-27-29(22-9-3-1-4-10-22,23-11-5-2-6-12-23)30-28(37)35(27)19-20-15-17-21(18-16-20)24-13-7-8-14-25(24)26-31-33-34-32-26/h1-18H,19H2,(H,30,37)(H,31,32,33,34). The average molecular weight is 487 g/mol. The smallest absolute Gasteiger partial charge is 0.315 e. The molecule has 0 unspecified atom stereocenters. The van der Waals surface area contributed by atoms with Gasteiger partial charge in [0.2, 0.25) is 5.82 Å². The van der Waals surface area contributed by atoms with Crippen molar-refractivity contribution in [1.82, 2.24) is 30.8 Å². The van der Waals surface area contributed by atoms with E-state index in [2.05, 4.69) is 25.9 Å². The van der Waals surface area contributed by atoms with Crippen molar-refractivity contribution < 1.29 is 9.59 Å². The van der Waals surface area contributed by atoms with Crippen LogP contribution in [0, 0.1) is 0 Å². The minimum absolute atomic E-state index is 0.152. The summed E-state index contributed by atoms with van der Waals surface area (Å²) < 4.78 is 0. The van der Waals surface area contributed by atoms with E-state index in [1.165, 1.54) is 4.90 Å². The quantitative estimate of drug-likeness (QED) is 0.343. The first-order valence-electron chi connectivity index (χ1n) is 11.8. The highest BCUT2D eigenvalue weighted by Gasteiger charge is 2.53. The molecule has 1 aliphatic rings. The van der Waals surface area contributed by atoms with Crippen LogP contribution in [0.1, 0.15) is 16.7 Å². The van der Waals surface area contributed by atoms with Crippen molar-refractivity contribution in [2.24, 2.45) is 0 Å². The molecule has 3 amide bonds. The van der Waals surface area contributed by atoms with Gasteiger partial charge < -0.3 is 5.32 Å². The third-order valence-corrected chi connectivity index (χ3v) is 6.64. The summed E-state index contributed by atoms with van der Waals surface area (Å²) >= 11 is 0. The van der Waals surface area contributed by atoms with Gasteiger partial charge in [-0.1, -0.05) is 109 Å². The number of carbonyl (C=O) groups excluding carboxylic acids is 2. The van der Waals surface area contributed by atoms with Crippen molar-refractivity contribution in [3.63, 3.8) is 0 Å². The van der Waals surface area contributed by atoms with Crippen molar-refractivity contribution in [3.8, 4) is 22.5 Å². The van der Waals surface area contributed by atoms with Crippen molar-refractivity contribution >= 4 is 11.9 Å². The number of amides is 3. The lowest BCUT2D eigenvalue weighted by Gasteiger charge is -2.28.